The van der Waals surface area contributed by atoms with Crippen molar-refractivity contribution >= 4 is 16.9 Å². The van der Waals surface area contributed by atoms with E-state index in [-0.39, 0.29) is 24.7 Å². The second kappa shape index (κ2) is 6.72. The fourth-order valence-corrected chi connectivity index (χ4v) is 2.85. The Labute approximate surface area is 148 Å². The molecule has 7 heteroatoms. The van der Waals surface area contributed by atoms with E-state index in [0.717, 1.165) is 0 Å². The van der Waals surface area contributed by atoms with Gasteiger partial charge in [0.05, 0.1) is 24.9 Å². The molecule has 2 aromatic carbocycles. The zero-order valence-electron chi connectivity index (χ0n) is 13.8. The molecule has 0 aliphatic heterocycles. The summed E-state index contributed by atoms with van der Waals surface area (Å²) in [5, 5.41) is 20.8. The number of nitrogens with one attached hydrogen (secondary N) is 1. The third kappa shape index (κ3) is 3.02. The van der Waals surface area contributed by atoms with Gasteiger partial charge in [0.1, 0.15) is 22.5 Å². The van der Waals surface area contributed by atoms with Gasteiger partial charge in [-0.3, -0.25) is 4.79 Å². The lowest BCUT2D eigenvalue weighted by atomic mass is 10.1. The van der Waals surface area contributed by atoms with Gasteiger partial charge >= 0.3 is 0 Å². The summed E-state index contributed by atoms with van der Waals surface area (Å²) in [5.74, 6) is 0.578. The van der Waals surface area contributed by atoms with Crippen molar-refractivity contribution in [3.05, 3.63) is 77.7 Å². The molecule has 0 saturated heterocycles. The van der Waals surface area contributed by atoms with Crippen molar-refractivity contribution in [2.75, 3.05) is 0 Å². The number of aromatic nitrogens is 3. The van der Waals surface area contributed by atoms with Gasteiger partial charge in [-0.1, -0.05) is 24.3 Å². The maximum atomic E-state index is 13.2. The fourth-order valence-electron chi connectivity index (χ4n) is 2.85. The summed E-state index contributed by atoms with van der Waals surface area (Å²) in [5.41, 5.74) is 2.23. The van der Waals surface area contributed by atoms with Crippen LogP contribution >= 0.6 is 0 Å². The van der Waals surface area contributed by atoms with E-state index in [4.69, 9.17) is 4.42 Å². The number of hydrogen-bond acceptors (Lipinski definition) is 5. The number of hydrogen-bond donors (Lipinski definition) is 2. The van der Waals surface area contributed by atoms with Crippen LogP contribution in [0.25, 0.3) is 11.0 Å². The number of para-hydroxylation sites is 2. The van der Waals surface area contributed by atoms with E-state index in [9.17, 15) is 9.90 Å². The van der Waals surface area contributed by atoms with Crippen molar-refractivity contribution in [1.29, 1.82) is 0 Å². The van der Waals surface area contributed by atoms with E-state index in [0.29, 0.717) is 27.9 Å². The summed E-state index contributed by atoms with van der Waals surface area (Å²) in [7, 11) is 0. The zero-order chi connectivity index (χ0) is 17.9. The SMILES string of the molecule is O=C(c1cccc2n[nH]nc12)N(Cc1ccco1)Cc1ccccc1O. The van der Waals surface area contributed by atoms with Crippen LogP contribution in [0.3, 0.4) is 0 Å². The summed E-state index contributed by atoms with van der Waals surface area (Å²) in [6.45, 7) is 0.509. The lowest BCUT2D eigenvalue weighted by molar-refractivity contribution is 0.0718. The fraction of sp³-hybridized carbons (Fsp3) is 0.105. The Morgan fingerprint density at radius 1 is 1.04 bits per heavy atom. The molecule has 2 N–H and O–H groups in total. The number of H-pyrrole nitrogens is 1. The first-order valence-corrected chi connectivity index (χ1v) is 8.10. The smallest absolute Gasteiger partial charge is 0.256 e. The molecule has 26 heavy (non-hydrogen) atoms. The minimum atomic E-state index is -0.218. The second-order valence-corrected chi connectivity index (χ2v) is 5.87. The normalized spacial score (nSPS) is 10.9. The highest BCUT2D eigenvalue weighted by Gasteiger charge is 2.22. The number of furan rings is 1. The van der Waals surface area contributed by atoms with Gasteiger partial charge in [-0.15, -0.1) is 0 Å². The minimum absolute atomic E-state index is 0.143. The van der Waals surface area contributed by atoms with Gasteiger partial charge in [0.25, 0.3) is 5.91 Å². The molecule has 0 radical (unpaired) electrons. The summed E-state index contributed by atoms with van der Waals surface area (Å²) in [4.78, 5) is 14.8. The van der Waals surface area contributed by atoms with E-state index in [1.807, 2.05) is 12.1 Å². The number of aromatic hydroxyl groups is 1. The van der Waals surface area contributed by atoms with Crippen LogP contribution in [-0.2, 0) is 13.1 Å². The number of phenolic OH excluding ortho intramolecular Hbond substituents is 1. The predicted molar refractivity (Wildman–Crippen MR) is 94.3 cm³/mol. The highest BCUT2D eigenvalue weighted by molar-refractivity contribution is 6.04. The Morgan fingerprint density at radius 3 is 2.73 bits per heavy atom. The Balaban J connectivity index is 1.71. The average Bonchev–Trinajstić information content (AvgIpc) is 3.33. The van der Waals surface area contributed by atoms with Crippen molar-refractivity contribution in [3.63, 3.8) is 0 Å². The molecule has 0 atom stereocenters. The van der Waals surface area contributed by atoms with Crippen LogP contribution in [0.5, 0.6) is 5.75 Å². The summed E-state index contributed by atoms with van der Waals surface area (Å²) in [6, 6.07) is 15.8. The van der Waals surface area contributed by atoms with E-state index in [1.165, 1.54) is 0 Å². The molecule has 4 rings (SSSR count). The van der Waals surface area contributed by atoms with Gasteiger partial charge in [0, 0.05) is 5.56 Å². The summed E-state index contributed by atoms with van der Waals surface area (Å²) in [6.07, 6.45) is 1.57. The van der Waals surface area contributed by atoms with Gasteiger partial charge in [0.2, 0.25) is 0 Å². The first-order chi connectivity index (χ1) is 12.7. The number of phenols is 1. The molecular formula is C19H16N4O3. The molecule has 7 nitrogen and oxygen atoms in total. The monoisotopic (exact) mass is 348 g/mol. The Kier molecular flexibility index (Phi) is 4.10. The van der Waals surface area contributed by atoms with Gasteiger partial charge in [-0.05, 0) is 30.3 Å². The third-order valence-electron chi connectivity index (χ3n) is 4.14. The van der Waals surface area contributed by atoms with Crippen LogP contribution in [0.15, 0.2) is 65.3 Å². The van der Waals surface area contributed by atoms with Crippen LogP contribution in [0.1, 0.15) is 21.7 Å². The highest BCUT2D eigenvalue weighted by atomic mass is 16.3. The number of fused-ring (bicyclic) bond motifs is 1. The van der Waals surface area contributed by atoms with E-state index >= 15 is 0 Å². The second-order valence-electron chi connectivity index (χ2n) is 5.87. The Hall–Kier alpha value is -3.61. The quantitative estimate of drug-likeness (QED) is 0.578. The van der Waals surface area contributed by atoms with E-state index < -0.39 is 0 Å². The standard InChI is InChI=1S/C19H16N4O3/c24-17-9-2-1-5-13(17)11-23(12-14-6-4-10-26-14)19(25)15-7-3-8-16-18(15)21-22-20-16/h1-10,24H,11-12H2,(H,20,21,22). The lowest BCUT2D eigenvalue weighted by Crippen LogP contribution is -2.30. The molecule has 0 fully saturated rings. The maximum absolute atomic E-state index is 13.2. The van der Waals surface area contributed by atoms with Crippen LogP contribution in [0.4, 0.5) is 0 Å². The Morgan fingerprint density at radius 2 is 1.92 bits per heavy atom. The molecule has 2 heterocycles. The zero-order valence-corrected chi connectivity index (χ0v) is 13.8. The minimum Gasteiger partial charge on any atom is -0.508 e. The van der Waals surface area contributed by atoms with Crippen molar-refractivity contribution < 1.29 is 14.3 Å². The van der Waals surface area contributed by atoms with Gasteiger partial charge in [-0.2, -0.15) is 15.4 Å². The van der Waals surface area contributed by atoms with Crippen molar-refractivity contribution in [3.8, 4) is 5.75 Å². The molecule has 1 amide bonds. The number of aromatic amines is 1. The van der Waals surface area contributed by atoms with Gasteiger partial charge in [-0.25, -0.2) is 0 Å². The van der Waals surface area contributed by atoms with Crippen molar-refractivity contribution in [1.82, 2.24) is 20.3 Å². The van der Waals surface area contributed by atoms with Crippen LogP contribution in [-0.4, -0.2) is 31.3 Å². The van der Waals surface area contributed by atoms with E-state index in [1.54, 1.807) is 53.6 Å². The number of rotatable bonds is 5. The molecule has 0 saturated carbocycles. The molecule has 0 unspecified atom stereocenters. The molecule has 2 aromatic heterocycles. The first kappa shape index (κ1) is 15.9. The van der Waals surface area contributed by atoms with Crippen LogP contribution < -0.4 is 0 Å². The van der Waals surface area contributed by atoms with Crippen molar-refractivity contribution in [2.45, 2.75) is 13.1 Å². The van der Waals surface area contributed by atoms with Gasteiger partial charge in [0.15, 0.2) is 0 Å². The van der Waals surface area contributed by atoms with Crippen LogP contribution in [0.2, 0.25) is 0 Å². The number of carbonyl (C=O) groups is 1. The predicted octanol–water partition coefficient (Wildman–Crippen LogP) is 3.10. The topological polar surface area (TPSA) is 95.3 Å². The molecule has 0 aliphatic rings. The first-order valence-electron chi connectivity index (χ1n) is 8.10. The van der Waals surface area contributed by atoms with Gasteiger partial charge < -0.3 is 14.4 Å². The molecule has 0 aliphatic carbocycles. The molecule has 0 spiro atoms. The number of benzene rings is 2. The number of amides is 1. The summed E-state index contributed by atoms with van der Waals surface area (Å²) < 4.78 is 5.40. The summed E-state index contributed by atoms with van der Waals surface area (Å²) >= 11 is 0. The van der Waals surface area contributed by atoms with Crippen molar-refractivity contribution in [2.24, 2.45) is 0 Å². The molecular weight excluding hydrogens is 332 g/mol. The molecule has 0 bridgehead atoms. The van der Waals surface area contributed by atoms with E-state index in [2.05, 4.69) is 15.4 Å². The highest BCUT2D eigenvalue weighted by Crippen LogP contribution is 2.23. The third-order valence-corrected chi connectivity index (χ3v) is 4.14. The number of carbonyl (C=O) groups excluding carboxylic acids is 1. The molecule has 130 valence electrons. The molecule has 4 aromatic rings. The largest absolute Gasteiger partial charge is 0.508 e. The average molecular weight is 348 g/mol. The number of nitrogens with zero attached hydrogens (tertiary/aromatic N) is 3. The maximum Gasteiger partial charge on any atom is 0.256 e. The Bertz CT molecular complexity index is 1040. The van der Waals surface area contributed by atoms with Crippen LogP contribution in [0, 0.1) is 0 Å². The lowest BCUT2D eigenvalue weighted by Gasteiger charge is -2.22.